The summed E-state index contributed by atoms with van der Waals surface area (Å²) in [7, 11) is 0. The minimum atomic E-state index is -0.460. The van der Waals surface area contributed by atoms with E-state index in [-0.39, 0.29) is 0 Å². The van der Waals surface area contributed by atoms with Crippen LogP contribution in [0.3, 0.4) is 0 Å². The van der Waals surface area contributed by atoms with Crippen molar-refractivity contribution in [3.05, 3.63) is 42.5 Å². The van der Waals surface area contributed by atoms with Crippen molar-refractivity contribution in [3.8, 4) is 5.75 Å². The highest BCUT2D eigenvalue weighted by molar-refractivity contribution is 5.88. The van der Waals surface area contributed by atoms with E-state index in [1.54, 1.807) is 0 Å². The van der Waals surface area contributed by atoms with Gasteiger partial charge >= 0.3 is 0 Å². The Morgan fingerprint density at radius 3 is 2.33 bits per heavy atom. The third-order valence-electron chi connectivity index (χ3n) is 4.31. The van der Waals surface area contributed by atoms with Crippen molar-refractivity contribution in [3.63, 3.8) is 0 Å². The Morgan fingerprint density at radius 1 is 0.958 bits per heavy atom. The van der Waals surface area contributed by atoms with E-state index in [1.165, 1.54) is 25.7 Å². The topological polar surface area (TPSA) is 32.7 Å². The predicted molar refractivity (Wildman–Crippen MR) is 102 cm³/mol. The molecule has 2 aromatic rings. The van der Waals surface area contributed by atoms with Crippen molar-refractivity contribution in [1.29, 1.82) is 0 Å². The van der Waals surface area contributed by atoms with Crippen molar-refractivity contribution in [2.45, 2.75) is 45.6 Å². The molecule has 3 nitrogen and oxygen atoms in total. The maximum atomic E-state index is 10.4. The number of ether oxygens (including phenoxy) is 1. The van der Waals surface area contributed by atoms with Crippen LogP contribution in [-0.4, -0.2) is 42.4 Å². The highest BCUT2D eigenvalue weighted by atomic mass is 16.5. The molecule has 0 aliphatic heterocycles. The van der Waals surface area contributed by atoms with Crippen LogP contribution >= 0.6 is 0 Å². The average molecular weight is 329 g/mol. The Kier molecular flexibility index (Phi) is 8.06. The van der Waals surface area contributed by atoms with Crippen molar-refractivity contribution in [2.24, 2.45) is 0 Å². The summed E-state index contributed by atoms with van der Waals surface area (Å²) in [4.78, 5) is 2.37. The molecule has 3 heteroatoms. The second-order valence-electron chi connectivity index (χ2n) is 6.45. The van der Waals surface area contributed by atoms with E-state index in [4.69, 9.17) is 4.74 Å². The summed E-state index contributed by atoms with van der Waals surface area (Å²) in [5.74, 6) is 0.848. The number of rotatable bonds is 11. The number of benzene rings is 2. The summed E-state index contributed by atoms with van der Waals surface area (Å²) in [5, 5.41) is 12.6. The summed E-state index contributed by atoms with van der Waals surface area (Å²) in [6.07, 6.45) is 4.27. The molecular formula is C21H31NO2. The second kappa shape index (κ2) is 10.3. The number of aliphatic hydroxyl groups is 1. The van der Waals surface area contributed by atoms with Crippen molar-refractivity contribution < 1.29 is 9.84 Å². The van der Waals surface area contributed by atoms with E-state index in [1.807, 2.05) is 24.3 Å². The molecule has 0 radical (unpaired) electrons. The quantitative estimate of drug-likeness (QED) is 0.659. The van der Waals surface area contributed by atoms with Crippen LogP contribution in [-0.2, 0) is 0 Å². The molecule has 2 aromatic carbocycles. The van der Waals surface area contributed by atoms with E-state index in [0.717, 1.165) is 29.6 Å². The van der Waals surface area contributed by atoms with E-state index >= 15 is 0 Å². The van der Waals surface area contributed by atoms with Gasteiger partial charge in [0.15, 0.2) is 0 Å². The Balaban J connectivity index is 1.89. The smallest absolute Gasteiger partial charge is 0.127 e. The SMILES string of the molecule is CCCCN(CCCC)C[C@@H](O)COc1cccc2ccccc12. The largest absolute Gasteiger partial charge is 0.490 e. The zero-order chi connectivity index (χ0) is 17.2. The molecule has 24 heavy (non-hydrogen) atoms. The summed E-state index contributed by atoms with van der Waals surface area (Å²) in [5.41, 5.74) is 0. The number of hydrogen-bond donors (Lipinski definition) is 1. The van der Waals surface area contributed by atoms with Gasteiger partial charge in [0.2, 0.25) is 0 Å². The van der Waals surface area contributed by atoms with Gasteiger partial charge in [-0.15, -0.1) is 0 Å². The van der Waals surface area contributed by atoms with Crippen LogP contribution in [0.25, 0.3) is 10.8 Å². The van der Waals surface area contributed by atoms with Crippen LogP contribution in [0.15, 0.2) is 42.5 Å². The van der Waals surface area contributed by atoms with Gasteiger partial charge in [-0.25, -0.2) is 0 Å². The van der Waals surface area contributed by atoms with Gasteiger partial charge in [-0.3, -0.25) is 0 Å². The Labute approximate surface area is 146 Å². The van der Waals surface area contributed by atoms with Crippen LogP contribution in [0.5, 0.6) is 5.75 Å². The maximum absolute atomic E-state index is 10.4. The van der Waals surface area contributed by atoms with Crippen LogP contribution in [0.2, 0.25) is 0 Å². The van der Waals surface area contributed by atoms with Crippen LogP contribution in [0.1, 0.15) is 39.5 Å². The number of unbranched alkanes of at least 4 members (excludes halogenated alkanes) is 2. The zero-order valence-corrected chi connectivity index (χ0v) is 15.1. The number of aliphatic hydroxyl groups excluding tert-OH is 1. The van der Waals surface area contributed by atoms with Gasteiger partial charge in [-0.2, -0.15) is 0 Å². The van der Waals surface area contributed by atoms with Gasteiger partial charge in [-0.1, -0.05) is 63.1 Å². The Morgan fingerprint density at radius 2 is 1.62 bits per heavy atom. The second-order valence-corrected chi connectivity index (χ2v) is 6.45. The van der Waals surface area contributed by atoms with Crippen molar-refractivity contribution in [2.75, 3.05) is 26.2 Å². The first-order chi connectivity index (χ1) is 11.7. The molecule has 2 rings (SSSR count). The van der Waals surface area contributed by atoms with E-state index in [2.05, 4.69) is 36.9 Å². The molecule has 0 bridgehead atoms. The summed E-state index contributed by atoms with van der Waals surface area (Å²) in [6.45, 7) is 7.55. The molecule has 0 aliphatic carbocycles. The summed E-state index contributed by atoms with van der Waals surface area (Å²) in [6, 6.07) is 14.2. The predicted octanol–water partition coefficient (Wildman–Crippen LogP) is 4.48. The van der Waals surface area contributed by atoms with Gasteiger partial charge in [0, 0.05) is 11.9 Å². The van der Waals surface area contributed by atoms with Gasteiger partial charge < -0.3 is 14.7 Å². The summed E-state index contributed by atoms with van der Waals surface area (Å²) >= 11 is 0. The fourth-order valence-corrected chi connectivity index (χ4v) is 2.92. The third kappa shape index (κ3) is 5.81. The van der Waals surface area contributed by atoms with Crippen molar-refractivity contribution in [1.82, 2.24) is 4.90 Å². The fraction of sp³-hybridized carbons (Fsp3) is 0.524. The standard InChI is InChI=1S/C21H31NO2/c1-3-5-14-22(15-6-4-2)16-19(23)17-24-21-13-9-11-18-10-7-8-12-20(18)21/h7-13,19,23H,3-6,14-17H2,1-2H3/t19-/m1/s1. The molecule has 0 aliphatic rings. The Bertz CT molecular complexity index is 586. The maximum Gasteiger partial charge on any atom is 0.127 e. The highest BCUT2D eigenvalue weighted by Crippen LogP contribution is 2.25. The first kappa shape index (κ1) is 18.8. The van der Waals surface area contributed by atoms with Crippen molar-refractivity contribution >= 4 is 10.8 Å². The molecule has 0 saturated carbocycles. The van der Waals surface area contributed by atoms with Gasteiger partial charge in [0.05, 0.1) is 0 Å². The molecular weight excluding hydrogens is 298 g/mol. The van der Waals surface area contributed by atoms with Crippen LogP contribution < -0.4 is 4.74 Å². The summed E-state index contributed by atoms with van der Waals surface area (Å²) < 4.78 is 5.91. The zero-order valence-electron chi connectivity index (χ0n) is 15.1. The van der Waals surface area contributed by atoms with Crippen LogP contribution in [0, 0.1) is 0 Å². The number of nitrogens with zero attached hydrogens (tertiary/aromatic N) is 1. The molecule has 0 fully saturated rings. The van der Waals surface area contributed by atoms with Gasteiger partial charge in [0.1, 0.15) is 18.5 Å². The first-order valence-electron chi connectivity index (χ1n) is 9.25. The molecule has 0 unspecified atom stereocenters. The molecule has 1 N–H and O–H groups in total. The van der Waals surface area contributed by atoms with Gasteiger partial charge in [0.25, 0.3) is 0 Å². The molecule has 0 amide bonds. The highest BCUT2D eigenvalue weighted by Gasteiger charge is 2.12. The minimum absolute atomic E-state index is 0.336. The number of hydrogen-bond acceptors (Lipinski definition) is 3. The normalized spacial score (nSPS) is 12.7. The minimum Gasteiger partial charge on any atom is -0.490 e. The monoisotopic (exact) mass is 329 g/mol. The number of fused-ring (bicyclic) bond motifs is 1. The average Bonchev–Trinajstić information content (AvgIpc) is 2.62. The lowest BCUT2D eigenvalue weighted by Gasteiger charge is -2.25. The molecule has 0 spiro atoms. The van der Waals surface area contributed by atoms with E-state index in [0.29, 0.717) is 13.2 Å². The lowest BCUT2D eigenvalue weighted by atomic mass is 10.1. The van der Waals surface area contributed by atoms with Gasteiger partial charge in [-0.05, 0) is 37.4 Å². The van der Waals surface area contributed by atoms with E-state index < -0.39 is 6.10 Å². The molecule has 132 valence electrons. The molecule has 1 atom stereocenters. The molecule has 0 saturated heterocycles. The lowest BCUT2D eigenvalue weighted by molar-refractivity contribution is 0.0677. The fourth-order valence-electron chi connectivity index (χ4n) is 2.92. The lowest BCUT2D eigenvalue weighted by Crippen LogP contribution is -2.36. The van der Waals surface area contributed by atoms with E-state index in [9.17, 15) is 5.11 Å². The first-order valence-corrected chi connectivity index (χ1v) is 9.25. The van der Waals surface area contributed by atoms with Crippen LogP contribution in [0.4, 0.5) is 0 Å². The Hall–Kier alpha value is -1.58. The third-order valence-corrected chi connectivity index (χ3v) is 4.31. The molecule has 0 heterocycles. The molecule has 0 aromatic heterocycles.